The Kier molecular flexibility index (Phi) is 6.60. The summed E-state index contributed by atoms with van der Waals surface area (Å²) < 4.78 is 39.9. The maximum Gasteiger partial charge on any atom is 0.417 e. The van der Waals surface area contributed by atoms with E-state index in [0.29, 0.717) is 0 Å². The highest BCUT2D eigenvalue weighted by Crippen LogP contribution is 2.34. The molecule has 3 rings (SSSR count). The van der Waals surface area contributed by atoms with Crippen molar-refractivity contribution in [1.82, 2.24) is 0 Å². The molecule has 3 aromatic carbocycles. The molecule has 0 saturated heterocycles. The topological polar surface area (TPSA) is 21.6 Å². The minimum Gasteiger partial charge on any atom is -0.391 e. The first kappa shape index (κ1) is 20.9. The zero-order valence-electron chi connectivity index (χ0n) is 15.7. The number of hydrogen-bond donors (Lipinski definition) is 0. The average molecular weight is 418 g/mol. The average Bonchev–Trinajstić information content (AvgIpc) is 2.71. The summed E-state index contributed by atoms with van der Waals surface area (Å²) in [5.74, 6) is 0. The van der Waals surface area contributed by atoms with Crippen LogP contribution in [-0.4, -0.2) is 5.71 Å². The molecule has 0 unspecified atom stereocenters. The Morgan fingerprint density at radius 3 is 2.21 bits per heavy atom. The fourth-order valence-corrected chi connectivity index (χ4v) is 3.09. The van der Waals surface area contributed by atoms with Crippen LogP contribution in [0, 0.1) is 0 Å². The van der Waals surface area contributed by atoms with E-state index in [1.807, 2.05) is 54.6 Å². The minimum atomic E-state index is -4.50. The van der Waals surface area contributed by atoms with Crippen molar-refractivity contribution in [2.24, 2.45) is 5.16 Å². The van der Waals surface area contributed by atoms with Crippen molar-refractivity contribution >= 4 is 17.3 Å². The van der Waals surface area contributed by atoms with Crippen LogP contribution < -0.4 is 0 Å². The quantitative estimate of drug-likeness (QED) is 0.303. The van der Waals surface area contributed by atoms with E-state index in [2.05, 4.69) is 5.16 Å². The molecular formula is C23H19ClF3NO. The lowest BCUT2D eigenvalue weighted by Gasteiger charge is -2.14. The summed E-state index contributed by atoms with van der Waals surface area (Å²) in [6, 6.07) is 21.1. The van der Waals surface area contributed by atoms with Crippen molar-refractivity contribution in [1.29, 1.82) is 0 Å². The normalized spacial score (nSPS) is 12.1. The Labute approximate surface area is 172 Å². The van der Waals surface area contributed by atoms with Gasteiger partial charge in [-0.25, -0.2) is 0 Å². The number of halogens is 4. The number of benzene rings is 3. The maximum absolute atomic E-state index is 13.3. The predicted molar refractivity (Wildman–Crippen MR) is 110 cm³/mol. The van der Waals surface area contributed by atoms with Gasteiger partial charge in [-0.1, -0.05) is 78.3 Å². The number of rotatable bonds is 6. The van der Waals surface area contributed by atoms with Gasteiger partial charge in [0.2, 0.25) is 0 Å². The van der Waals surface area contributed by atoms with Crippen molar-refractivity contribution < 1.29 is 18.0 Å². The summed E-state index contributed by atoms with van der Waals surface area (Å²) in [6.07, 6.45) is -4.22. The van der Waals surface area contributed by atoms with Gasteiger partial charge in [0.25, 0.3) is 0 Å². The number of hydrogen-bond acceptors (Lipinski definition) is 2. The first-order valence-corrected chi connectivity index (χ1v) is 9.46. The Balaban J connectivity index is 1.75. The third-order valence-corrected chi connectivity index (χ3v) is 4.63. The van der Waals surface area contributed by atoms with Crippen LogP contribution in [0.15, 0.2) is 78.0 Å². The number of nitrogens with zero attached hydrogens (tertiary/aromatic N) is 1. The standard InChI is InChI=1S/C23H19ClF3NO/c1-2-22(20-14-19(24)12-13-21(20)23(25,26)27)28-29-15-16-8-10-18(11-9-16)17-6-4-3-5-7-17/h3-14H,2,15H2,1H3. The largest absolute Gasteiger partial charge is 0.417 e. The van der Waals surface area contributed by atoms with E-state index in [-0.39, 0.29) is 29.3 Å². The molecule has 0 aliphatic rings. The van der Waals surface area contributed by atoms with Crippen molar-refractivity contribution in [3.8, 4) is 11.1 Å². The van der Waals surface area contributed by atoms with Crippen molar-refractivity contribution in [2.75, 3.05) is 0 Å². The molecule has 150 valence electrons. The molecule has 3 aromatic rings. The molecule has 0 bridgehead atoms. The van der Waals surface area contributed by atoms with Gasteiger partial charge in [-0.2, -0.15) is 13.2 Å². The third-order valence-electron chi connectivity index (χ3n) is 4.40. The molecule has 0 spiro atoms. The minimum absolute atomic E-state index is 0.0630. The van der Waals surface area contributed by atoms with Gasteiger partial charge in [-0.05, 0) is 41.3 Å². The van der Waals surface area contributed by atoms with Gasteiger partial charge in [0.1, 0.15) is 6.61 Å². The summed E-state index contributed by atoms with van der Waals surface area (Å²) in [7, 11) is 0. The van der Waals surface area contributed by atoms with Crippen LogP contribution in [0.1, 0.15) is 30.0 Å². The SMILES string of the molecule is CCC(=NOCc1ccc(-c2ccccc2)cc1)c1cc(Cl)ccc1C(F)(F)F. The van der Waals surface area contributed by atoms with Crippen molar-refractivity contribution in [2.45, 2.75) is 26.1 Å². The molecule has 0 N–H and O–H groups in total. The molecule has 0 saturated carbocycles. The van der Waals surface area contributed by atoms with Crippen LogP contribution in [0.3, 0.4) is 0 Å². The first-order valence-electron chi connectivity index (χ1n) is 9.09. The molecule has 0 fully saturated rings. The second-order valence-electron chi connectivity index (χ2n) is 6.42. The van der Waals surface area contributed by atoms with Crippen molar-refractivity contribution in [3.05, 3.63) is 94.5 Å². The second kappa shape index (κ2) is 9.14. The lowest BCUT2D eigenvalue weighted by molar-refractivity contribution is -0.137. The van der Waals surface area contributed by atoms with E-state index >= 15 is 0 Å². The van der Waals surface area contributed by atoms with E-state index < -0.39 is 11.7 Å². The fraction of sp³-hybridized carbons (Fsp3) is 0.174. The van der Waals surface area contributed by atoms with Gasteiger partial charge >= 0.3 is 6.18 Å². The first-order chi connectivity index (χ1) is 13.9. The van der Waals surface area contributed by atoms with Gasteiger partial charge in [-0.15, -0.1) is 0 Å². The molecule has 0 atom stereocenters. The molecule has 0 radical (unpaired) electrons. The number of oxime groups is 1. The van der Waals surface area contributed by atoms with Crippen LogP contribution >= 0.6 is 11.6 Å². The Morgan fingerprint density at radius 2 is 1.59 bits per heavy atom. The Bertz CT molecular complexity index is 983. The van der Waals surface area contributed by atoms with Gasteiger partial charge in [0.05, 0.1) is 11.3 Å². The Hall–Kier alpha value is -2.79. The molecule has 0 aromatic heterocycles. The Morgan fingerprint density at radius 1 is 0.931 bits per heavy atom. The molecule has 0 aliphatic carbocycles. The molecule has 6 heteroatoms. The highest BCUT2D eigenvalue weighted by atomic mass is 35.5. The summed E-state index contributed by atoms with van der Waals surface area (Å²) in [5, 5.41) is 4.18. The lowest BCUT2D eigenvalue weighted by atomic mass is 10.0. The van der Waals surface area contributed by atoms with Crippen molar-refractivity contribution in [3.63, 3.8) is 0 Å². The fourth-order valence-electron chi connectivity index (χ4n) is 2.92. The van der Waals surface area contributed by atoms with Gasteiger partial charge in [-0.3, -0.25) is 0 Å². The molecule has 2 nitrogen and oxygen atoms in total. The highest BCUT2D eigenvalue weighted by Gasteiger charge is 2.34. The van der Waals surface area contributed by atoms with Crippen LogP contribution in [0.5, 0.6) is 0 Å². The van der Waals surface area contributed by atoms with E-state index in [0.717, 1.165) is 22.8 Å². The van der Waals surface area contributed by atoms with Crippen LogP contribution in [0.2, 0.25) is 5.02 Å². The molecule has 0 amide bonds. The van der Waals surface area contributed by atoms with Crippen LogP contribution in [0.4, 0.5) is 13.2 Å². The monoisotopic (exact) mass is 417 g/mol. The summed E-state index contributed by atoms with van der Waals surface area (Å²) >= 11 is 5.90. The van der Waals surface area contributed by atoms with E-state index in [1.165, 1.54) is 12.1 Å². The van der Waals surface area contributed by atoms with Gasteiger partial charge < -0.3 is 4.84 Å². The van der Waals surface area contributed by atoms with Gasteiger partial charge in [0.15, 0.2) is 0 Å². The number of alkyl halides is 3. The summed E-state index contributed by atoms with van der Waals surface area (Å²) in [6.45, 7) is 1.87. The molecule has 0 heterocycles. The summed E-state index contributed by atoms with van der Waals surface area (Å²) in [4.78, 5) is 5.36. The van der Waals surface area contributed by atoms with Crippen LogP contribution in [0.25, 0.3) is 11.1 Å². The third kappa shape index (κ3) is 5.39. The zero-order valence-corrected chi connectivity index (χ0v) is 16.5. The van der Waals surface area contributed by atoms with Gasteiger partial charge in [0, 0.05) is 10.6 Å². The maximum atomic E-state index is 13.3. The van der Waals surface area contributed by atoms with Crippen LogP contribution in [-0.2, 0) is 17.6 Å². The zero-order chi connectivity index (χ0) is 20.9. The van der Waals surface area contributed by atoms with E-state index in [4.69, 9.17) is 16.4 Å². The van der Waals surface area contributed by atoms with E-state index in [9.17, 15) is 13.2 Å². The molecule has 29 heavy (non-hydrogen) atoms. The second-order valence-corrected chi connectivity index (χ2v) is 6.85. The molecule has 0 aliphatic heterocycles. The predicted octanol–water partition coefficient (Wildman–Crippen LogP) is 7.36. The lowest BCUT2D eigenvalue weighted by Crippen LogP contribution is -2.13. The van der Waals surface area contributed by atoms with E-state index in [1.54, 1.807) is 6.92 Å². The summed E-state index contributed by atoms with van der Waals surface area (Å²) in [5.41, 5.74) is 2.39. The smallest absolute Gasteiger partial charge is 0.391 e. The molecular weight excluding hydrogens is 399 g/mol. The highest BCUT2D eigenvalue weighted by molar-refractivity contribution is 6.31.